The average molecular weight is 414 g/mol. The van der Waals surface area contributed by atoms with Gasteiger partial charge >= 0.3 is 139 Å². The zero-order valence-corrected chi connectivity index (χ0v) is 17.5. The molecule has 124 valence electrons. The summed E-state index contributed by atoms with van der Waals surface area (Å²) in [5, 5.41) is 0. The fourth-order valence-corrected chi connectivity index (χ4v) is 4.11. The molecule has 0 bridgehead atoms. The molecule has 3 rings (SSSR count). The molecular weight excluding hydrogens is 394 g/mol. The number of rotatable bonds is 3. The van der Waals surface area contributed by atoms with Gasteiger partial charge in [0.2, 0.25) is 0 Å². The first-order valence-electron chi connectivity index (χ1n) is 7.35. The fraction of sp³-hybridized carbons (Fsp3) is 0.200. The van der Waals surface area contributed by atoms with Gasteiger partial charge in [0.15, 0.2) is 0 Å². The Labute approximate surface area is 175 Å². The Morgan fingerprint density at radius 3 is 1.50 bits per heavy atom. The maximum absolute atomic E-state index is 2.38. The van der Waals surface area contributed by atoms with E-state index in [0.29, 0.717) is 5.92 Å². The smallest absolute Gasteiger partial charge is 1.00 e. The molecule has 24 heavy (non-hydrogen) atoms. The normalized spacial score (nSPS) is 18.7. The minimum Gasteiger partial charge on any atom is -1.00 e. The molecule has 1 aliphatic rings. The Morgan fingerprint density at radius 1 is 0.750 bits per heavy atom. The minimum absolute atomic E-state index is 0. The molecule has 0 spiro atoms. The summed E-state index contributed by atoms with van der Waals surface area (Å²) < 4.78 is 0.0484. The van der Waals surface area contributed by atoms with Crippen LogP contribution < -0.4 is 37.2 Å². The summed E-state index contributed by atoms with van der Waals surface area (Å²) in [4.78, 5) is 0. The Morgan fingerprint density at radius 2 is 1.17 bits per heavy atom. The van der Waals surface area contributed by atoms with Crippen LogP contribution in [-0.2, 0) is 20.4 Å². The molecule has 1 atom stereocenters. The molecule has 1 unspecified atom stereocenters. The van der Waals surface area contributed by atoms with Crippen molar-refractivity contribution in [3.05, 3.63) is 95.1 Å². The van der Waals surface area contributed by atoms with Crippen LogP contribution in [0.5, 0.6) is 0 Å². The Hall–Kier alpha value is -0.496. The van der Waals surface area contributed by atoms with Crippen molar-refractivity contribution in [2.24, 2.45) is 0 Å². The summed E-state index contributed by atoms with van der Waals surface area (Å²) in [6.07, 6.45) is 4.65. The molecule has 4 heteroatoms. The molecule has 2 aromatic carbocycles. The summed E-state index contributed by atoms with van der Waals surface area (Å²) in [7, 11) is 0. The predicted molar refractivity (Wildman–Crippen MR) is 84.9 cm³/mol. The molecule has 0 nitrogen and oxygen atoms in total. The SMILES string of the molecule is CC1=C(C)[C]([Ti+3])(C(c2ccccc2)c2ccccc2)C=C1.[Cl-].[Cl-].[Cl-]. The third-order valence-electron chi connectivity index (χ3n) is 4.53. The van der Waals surface area contributed by atoms with E-state index in [0.717, 1.165) is 0 Å². The van der Waals surface area contributed by atoms with Crippen LogP contribution >= 0.6 is 0 Å². The van der Waals surface area contributed by atoms with E-state index in [1.54, 1.807) is 0 Å². The number of benzene rings is 2. The van der Waals surface area contributed by atoms with Gasteiger partial charge < -0.3 is 37.2 Å². The van der Waals surface area contributed by atoms with Crippen LogP contribution in [0.15, 0.2) is 84.0 Å². The van der Waals surface area contributed by atoms with Crippen molar-refractivity contribution in [1.29, 1.82) is 0 Å². The van der Waals surface area contributed by atoms with Crippen LogP contribution in [0.2, 0.25) is 3.72 Å². The molecule has 0 radical (unpaired) electrons. The van der Waals surface area contributed by atoms with Gasteiger partial charge in [-0.15, -0.1) is 0 Å². The van der Waals surface area contributed by atoms with E-state index in [-0.39, 0.29) is 40.9 Å². The maximum atomic E-state index is 2.38. The third kappa shape index (κ3) is 4.37. The summed E-state index contributed by atoms with van der Waals surface area (Å²) in [6, 6.07) is 21.7. The van der Waals surface area contributed by atoms with Crippen molar-refractivity contribution in [1.82, 2.24) is 0 Å². The maximum Gasteiger partial charge on any atom is -1.00 e. The van der Waals surface area contributed by atoms with Crippen LogP contribution in [0.3, 0.4) is 0 Å². The Kier molecular flexibility index (Phi) is 9.65. The molecule has 0 saturated carbocycles. The van der Waals surface area contributed by atoms with Crippen molar-refractivity contribution < 1.29 is 57.7 Å². The molecule has 0 N–H and O–H groups in total. The van der Waals surface area contributed by atoms with Gasteiger partial charge in [0.05, 0.1) is 0 Å². The first-order chi connectivity index (χ1) is 10.1. The zero-order chi connectivity index (χ0) is 14.9. The van der Waals surface area contributed by atoms with Crippen LogP contribution in [-0.4, -0.2) is 0 Å². The van der Waals surface area contributed by atoms with Crippen LogP contribution in [0, 0.1) is 0 Å². The Bertz CT molecular complexity index is 656. The van der Waals surface area contributed by atoms with Crippen LogP contribution in [0.4, 0.5) is 0 Å². The van der Waals surface area contributed by atoms with Crippen molar-refractivity contribution in [2.45, 2.75) is 23.5 Å². The monoisotopic (exact) mass is 412 g/mol. The number of allylic oxidation sites excluding steroid dienone is 4. The molecule has 0 heterocycles. The number of hydrogen-bond acceptors (Lipinski definition) is 0. The molecule has 1 aliphatic carbocycles. The van der Waals surface area contributed by atoms with E-state index in [1.807, 2.05) is 0 Å². The summed E-state index contributed by atoms with van der Waals surface area (Å²) in [5.74, 6) is 0.355. The first-order valence-corrected chi connectivity index (χ1v) is 8.13. The van der Waals surface area contributed by atoms with Gasteiger partial charge in [0.1, 0.15) is 0 Å². The van der Waals surface area contributed by atoms with Gasteiger partial charge in [0.25, 0.3) is 0 Å². The quantitative estimate of drug-likeness (QED) is 0.457. The van der Waals surface area contributed by atoms with Gasteiger partial charge in [-0.3, -0.25) is 0 Å². The number of hydrogen-bond donors (Lipinski definition) is 0. The van der Waals surface area contributed by atoms with Gasteiger partial charge in [-0.1, -0.05) is 0 Å². The zero-order valence-electron chi connectivity index (χ0n) is 13.6. The standard InChI is InChI=1S/C20H19.3ClH.Ti/c1-15-13-14-19(16(15)2)20(17-9-5-3-6-10-17)18-11-7-4-8-12-18;;;;/h3-14,20H,1-2H3;3*1H;/q;;;;+3/p-3. The van der Waals surface area contributed by atoms with E-state index in [2.05, 4.69) is 107 Å². The molecule has 2 aromatic rings. The summed E-state index contributed by atoms with van der Waals surface area (Å²) in [5.41, 5.74) is 5.63. The van der Waals surface area contributed by atoms with E-state index < -0.39 is 0 Å². The third-order valence-corrected chi connectivity index (χ3v) is 5.83. The largest absolute Gasteiger partial charge is 1.00 e. The van der Waals surface area contributed by atoms with Gasteiger partial charge in [-0.25, -0.2) is 0 Å². The van der Waals surface area contributed by atoms with E-state index >= 15 is 0 Å². The fourth-order valence-electron chi connectivity index (χ4n) is 3.15. The second kappa shape index (κ2) is 9.85. The topological polar surface area (TPSA) is 0 Å². The molecular formula is C20H19Cl3Ti. The number of halogens is 3. The molecule has 0 fully saturated rings. The molecule has 0 saturated heterocycles. The van der Waals surface area contributed by atoms with E-state index in [1.165, 1.54) is 22.3 Å². The first kappa shape index (κ1) is 23.5. The second-order valence-corrected chi connectivity index (χ2v) is 7.06. The van der Waals surface area contributed by atoms with Crippen LogP contribution in [0.1, 0.15) is 30.9 Å². The second-order valence-electron chi connectivity index (χ2n) is 5.76. The minimum atomic E-state index is 0. The van der Waals surface area contributed by atoms with Gasteiger partial charge in [-0.05, 0) is 0 Å². The molecule has 0 amide bonds. The Balaban J connectivity index is 0.00000176. The molecule has 0 aliphatic heterocycles. The van der Waals surface area contributed by atoms with Crippen molar-refractivity contribution in [3.8, 4) is 0 Å². The molecule has 0 aromatic heterocycles. The summed E-state index contributed by atoms with van der Waals surface area (Å²) >= 11 is 2.36. The van der Waals surface area contributed by atoms with Crippen LogP contribution in [0.25, 0.3) is 0 Å². The van der Waals surface area contributed by atoms with E-state index in [4.69, 9.17) is 0 Å². The van der Waals surface area contributed by atoms with Gasteiger partial charge in [-0.2, -0.15) is 0 Å². The average Bonchev–Trinajstić information content (AvgIpc) is 2.78. The van der Waals surface area contributed by atoms with Gasteiger partial charge in [0, 0.05) is 0 Å². The van der Waals surface area contributed by atoms with Crippen molar-refractivity contribution in [2.75, 3.05) is 0 Å². The van der Waals surface area contributed by atoms with Crippen molar-refractivity contribution >= 4 is 0 Å². The summed E-state index contributed by atoms with van der Waals surface area (Å²) in [6.45, 7) is 4.48. The predicted octanol–water partition coefficient (Wildman–Crippen LogP) is -3.56. The van der Waals surface area contributed by atoms with E-state index in [9.17, 15) is 0 Å². The van der Waals surface area contributed by atoms with Crippen molar-refractivity contribution in [3.63, 3.8) is 0 Å².